The molecule has 1 N–H and O–H groups in total. The van der Waals surface area contributed by atoms with Crippen molar-refractivity contribution < 1.29 is 5.11 Å². The van der Waals surface area contributed by atoms with Crippen molar-refractivity contribution in [3.8, 4) is 0 Å². The highest BCUT2D eigenvalue weighted by Gasteiger charge is 2.39. The van der Waals surface area contributed by atoms with Crippen LogP contribution in [-0.2, 0) is 6.61 Å². The summed E-state index contributed by atoms with van der Waals surface area (Å²) >= 11 is 6.17. The minimum atomic E-state index is 0.00999. The molecule has 0 aliphatic heterocycles. The number of aliphatic hydroxyl groups excluding tert-OH is 1. The molecule has 0 radical (unpaired) electrons. The Bertz CT molecular complexity index is 462. The van der Waals surface area contributed by atoms with Crippen LogP contribution in [0, 0.1) is 17.8 Å². The lowest BCUT2D eigenvalue weighted by molar-refractivity contribution is 0.281. The third-order valence-corrected chi connectivity index (χ3v) is 5.41. The molecule has 0 saturated heterocycles. The van der Waals surface area contributed by atoms with E-state index in [9.17, 15) is 5.11 Å². The zero-order valence-corrected chi connectivity index (χ0v) is 12.2. The minimum Gasteiger partial charge on any atom is -0.392 e. The largest absolute Gasteiger partial charge is 0.392 e. The maximum atomic E-state index is 9.50. The number of hydrogen-bond donors (Lipinski definition) is 1. The zero-order chi connectivity index (χ0) is 13.4. The Kier molecular flexibility index (Phi) is 3.72. The van der Waals surface area contributed by atoms with Crippen LogP contribution in [0.1, 0.15) is 31.2 Å². The lowest BCUT2D eigenvalue weighted by Crippen LogP contribution is -2.29. The Labute approximate surface area is 120 Å². The van der Waals surface area contributed by atoms with Gasteiger partial charge in [-0.1, -0.05) is 24.1 Å². The van der Waals surface area contributed by atoms with Crippen LogP contribution in [0.15, 0.2) is 18.2 Å². The molecule has 3 unspecified atom stereocenters. The normalized spacial score (nSPS) is 28.9. The highest BCUT2D eigenvalue weighted by Crippen LogP contribution is 2.48. The average molecular weight is 280 g/mol. The molecule has 0 aromatic heterocycles. The molecule has 3 rings (SSSR count). The highest BCUT2D eigenvalue weighted by molar-refractivity contribution is 6.31. The molecular formula is C16H22ClNO. The summed E-state index contributed by atoms with van der Waals surface area (Å²) in [4.78, 5) is 2.28. The molecule has 3 heteroatoms. The van der Waals surface area contributed by atoms with Crippen molar-refractivity contribution in [3.63, 3.8) is 0 Å². The molecule has 0 heterocycles. The Hall–Kier alpha value is -0.730. The van der Waals surface area contributed by atoms with Crippen molar-refractivity contribution in [1.29, 1.82) is 0 Å². The maximum Gasteiger partial charge on any atom is 0.0716 e. The molecule has 1 aromatic carbocycles. The number of benzene rings is 1. The Balaban J connectivity index is 1.73. The lowest BCUT2D eigenvalue weighted by Gasteiger charge is -2.30. The van der Waals surface area contributed by atoms with Crippen LogP contribution >= 0.6 is 11.6 Å². The second kappa shape index (κ2) is 5.34. The number of nitrogens with zero attached hydrogens (tertiary/aromatic N) is 1. The van der Waals surface area contributed by atoms with Crippen molar-refractivity contribution in [2.45, 2.75) is 32.3 Å². The fourth-order valence-electron chi connectivity index (χ4n) is 4.11. The lowest BCUT2D eigenvalue weighted by atomic mass is 9.88. The van der Waals surface area contributed by atoms with Gasteiger partial charge in [0.15, 0.2) is 0 Å². The van der Waals surface area contributed by atoms with Gasteiger partial charge in [-0.3, -0.25) is 0 Å². The molecule has 2 fully saturated rings. The SMILES string of the molecule is CN(CC1CC2CCC1C2)c1cccc(Cl)c1CO. The third kappa shape index (κ3) is 2.48. The summed E-state index contributed by atoms with van der Waals surface area (Å²) in [5, 5.41) is 10.2. The summed E-state index contributed by atoms with van der Waals surface area (Å²) < 4.78 is 0. The molecule has 1 aromatic rings. The van der Waals surface area contributed by atoms with Gasteiger partial charge in [-0.25, -0.2) is 0 Å². The number of hydrogen-bond acceptors (Lipinski definition) is 2. The molecule has 2 saturated carbocycles. The van der Waals surface area contributed by atoms with Crippen LogP contribution < -0.4 is 4.90 Å². The first-order valence-corrected chi connectivity index (χ1v) is 7.66. The Morgan fingerprint density at radius 2 is 2.16 bits per heavy atom. The average Bonchev–Trinajstić information content (AvgIpc) is 3.00. The van der Waals surface area contributed by atoms with E-state index in [-0.39, 0.29) is 6.61 Å². The smallest absolute Gasteiger partial charge is 0.0716 e. The fraction of sp³-hybridized carbons (Fsp3) is 0.625. The first-order valence-electron chi connectivity index (χ1n) is 7.28. The molecule has 2 aliphatic carbocycles. The predicted octanol–water partition coefficient (Wildman–Crippen LogP) is 3.70. The van der Waals surface area contributed by atoms with Crippen molar-refractivity contribution in [2.24, 2.45) is 17.8 Å². The van der Waals surface area contributed by atoms with E-state index in [1.54, 1.807) is 0 Å². The third-order valence-electron chi connectivity index (χ3n) is 5.06. The Morgan fingerprint density at radius 3 is 2.79 bits per heavy atom. The van der Waals surface area contributed by atoms with Gasteiger partial charge in [0.05, 0.1) is 6.61 Å². The van der Waals surface area contributed by atoms with Gasteiger partial charge in [-0.05, 0) is 49.1 Å². The molecule has 104 valence electrons. The monoisotopic (exact) mass is 279 g/mol. The van der Waals surface area contributed by atoms with E-state index in [0.717, 1.165) is 35.5 Å². The molecular weight excluding hydrogens is 258 g/mol. The van der Waals surface area contributed by atoms with E-state index in [0.29, 0.717) is 5.02 Å². The summed E-state index contributed by atoms with van der Waals surface area (Å²) in [5.74, 6) is 2.75. The van der Waals surface area contributed by atoms with Gasteiger partial charge in [-0.15, -0.1) is 0 Å². The van der Waals surface area contributed by atoms with Gasteiger partial charge in [0, 0.05) is 29.9 Å². The summed E-state index contributed by atoms with van der Waals surface area (Å²) in [6.07, 6.45) is 5.71. The summed E-state index contributed by atoms with van der Waals surface area (Å²) in [7, 11) is 2.12. The van der Waals surface area contributed by atoms with Crippen molar-refractivity contribution >= 4 is 17.3 Å². The first-order chi connectivity index (χ1) is 9.19. The van der Waals surface area contributed by atoms with E-state index < -0.39 is 0 Å². The number of anilines is 1. The van der Waals surface area contributed by atoms with Gasteiger partial charge in [0.2, 0.25) is 0 Å². The van der Waals surface area contributed by atoms with Crippen LogP contribution in [0.25, 0.3) is 0 Å². The minimum absolute atomic E-state index is 0.00999. The molecule has 2 aliphatic rings. The van der Waals surface area contributed by atoms with Gasteiger partial charge < -0.3 is 10.0 Å². The van der Waals surface area contributed by atoms with E-state index in [4.69, 9.17) is 11.6 Å². The van der Waals surface area contributed by atoms with Crippen LogP contribution in [0.5, 0.6) is 0 Å². The van der Waals surface area contributed by atoms with Gasteiger partial charge in [0.25, 0.3) is 0 Å². The highest BCUT2D eigenvalue weighted by atomic mass is 35.5. The van der Waals surface area contributed by atoms with Gasteiger partial charge in [-0.2, -0.15) is 0 Å². The Morgan fingerprint density at radius 1 is 1.32 bits per heavy atom. The standard InChI is InChI=1S/C16H22ClNO/c1-18(9-13-8-11-5-6-12(13)7-11)16-4-2-3-15(17)14(16)10-19/h2-4,11-13,19H,5-10H2,1H3. The molecule has 0 spiro atoms. The fourth-order valence-corrected chi connectivity index (χ4v) is 4.34. The van der Waals surface area contributed by atoms with E-state index in [1.807, 2.05) is 12.1 Å². The van der Waals surface area contributed by atoms with Gasteiger partial charge >= 0.3 is 0 Å². The number of aliphatic hydroxyl groups is 1. The number of fused-ring (bicyclic) bond motifs is 2. The van der Waals surface area contributed by atoms with Crippen molar-refractivity contribution in [2.75, 3.05) is 18.5 Å². The molecule has 2 bridgehead atoms. The second-order valence-electron chi connectivity index (χ2n) is 6.21. The number of halogens is 1. The quantitative estimate of drug-likeness (QED) is 0.908. The zero-order valence-electron chi connectivity index (χ0n) is 11.5. The van der Waals surface area contributed by atoms with Crippen LogP contribution in [0.2, 0.25) is 5.02 Å². The van der Waals surface area contributed by atoms with Crippen molar-refractivity contribution in [3.05, 3.63) is 28.8 Å². The molecule has 3 atom stereocenters. The maximum absolute atomic E-state index is 9.50. The number of rotatable bonds is 4. The topological polar surface area (TPSA) is 23.5 Å². The molecule has 0 amide bonds. The summed E-state index contributed by atoms with van der Waals surface area (Å²) in [6, 6.07) is 5.88. The van der Waals surface area contributed by atoms with Crippen molar-refractivity contribution in [1.82, 2.24) is 0 Å². The summed E-state index contributed by atoms with van der Waals surface area (Å²) in [6.45, 7) is 1.10. The van der Waals surface area contributed by atoms with Gasteiger partial charge in [0.1, 0.15) is 0 Å². The first kappa shape index (κ1) is 13.3. The van der Waals surface area contributed by atoms with Crippen LogP contribution in [-0.4, -0.2) is 18.7 Å². The predicted molar refractivity (Wildman–Crippen MR) is 79.6 cm³/mol. The van der Waals surface area contributed by atoms with E-state index in [2.05, 4.69) is 18.0 Å². The second-order valence-corrected chi connectivity index (χ2v) is 6.62. The summed E-state index contributed by atoms with van der Waals surface area (Å²) in [5.41, 5.74) is 1.94. The van der Waals surface area contributed by atoms with E-state index >= 15 is 0 Å². The molecule has 19 heavy (non-hydrogen) atoms. The van der Waals surface area contributed by atoms with Crippen LogP contribution in [0.3, 0.4) is 0 Å². The van der Waals surface area contributed by atoms with Crippen LogP contribution in [0.4, 0.5) is 5.69 Å². The van der Waals surface area contributed by atoms with E-state index in [1.165, 1.54) is 25.7 Å². The molecule has 2 nitrogen and oxygen atoms in total.